The largest absolute Gasteiger partial charge is 0.487 e. The van der Waals surface area contributed by atoms with Crippen LogP contribution in [-0.2, 0) is 11.2 Å². The van der Waals surface area contributed by atoms with Crippen LogP contribution in [0.4, 0.5) is 0 Å². The molecule has 1 amide bonds. The van der Waals surface area contributed by atoms with Gasteiger partial charge in [-0.15, -0.1) is 11.3 Å². The molecule has 132 valence electrons. The van der Waals surface area contributed by atoms with Gasteiger partial charge in [-0.3, -0.25) is 9.78 Å². The molecule has 4 rings (SSSR count). The van der Waals surface area contributed by atoms with Gasteiger partial charge < -0.3 is 15.0 Å². The molecule has 3 heterocycles. The second-order valence-corrected chi connectivity index (χ2v) is 8.07. The van der Waals surface area contributed by atoms with Crippen LogP contribution in [0.2, 0.25) is 0 Å². The molecule has 0 aliphatic carbocycles. The first-order valence-corrected chi connectivity index (χ1v) is 9.65. The van der Waals surface area contributed by atoms with E-state index in [0.29, 0.717) is 6.42 Å². The van der Waals surface area contributed by atoms with Crippen molar-refractivity contribution in [3.05, 3.63) is 46.4 Å². The number of rotatable bonds is 3. The van der Waals surface area contributed by atoms with E-state index in [1.807, 2.05) is 18.2 Å². The molecular weight excluding hydrogens is 334 g/mol. The molecule has 1 atom stereocenters. The summed E-state index contributed by atoms with van der Waals surface area (Å²) in [7, 11) is 2.15. The van der Waals surface area contributed by atoms with Crippen LogP contribution in [-0.4, -0.2) is 41.5 Å². The highest BCUT2D eigenvalue weighted by molar-refractivity contribution is 7.09. The summed E-state index contributed by atoms with van der Waals surface area (Å²) in [5.74, 6) is 0.968. The van der Waals surface area contributed by atoms with Crippen molar-refractivity contribution >= 4 is 17.2 Å². The Morgan fingerprint density at radius 1 is 1.40 bits per heavy atom. The highest BCUT2D eigenvalue weighted by atomic mass is 32.1. The van der Waals surface area contributed by atoms with Crippen LogP contribution in [0.25, 0.3) is 0 Å². The van der Waals surface area contributed by atoms with Crippen LogP contribution < -0.4 is 10.1 Å². The molecule has 2 aliphatic heterocycles. The zero-order valence-electron chi connectivity index (χ0n) is 14.4. The fourth-order valence-electron chi connectivity index (χ4n) is 3.81. The molecule has 1 spiro atoms. The van der Waals surface area contributed by atoms with Crippen LogP contribution in [0.1, 0.15) is 35.7 Å². The van der Waals surface area contributed by atoms with E-state index in [1.165, 1.54) is 11.3 Å². The number of nitrogens with zero attached hydrogens (tertiary/aromatic N) is 2. The van der Waals surface area contributed by atoms with Gasteiger partial charge >= 0.3 is 0 Å². The first-order chi connectivity index (χ1) is 12.1. The molecule has 5 nitrogen and oxygen atoms in total. The number of likely N-dealkylation sites (tertiary alicyclic amines) is 1. The minimum atomic E-state index is -0.163. The van der Waals surface area contributed by atoms with Crippen molar-refractivity contribution in [3.8, 4) is 5.75 Å². The summed E-state index contributed by atoms with van der Waals surface area (Å²) in [6, 6.07) is 8.11. The molecule has 1 aromatic carbocycles. The Labute approximate surface area is 152 Å². The Kier molecular flexibility index (Phi) is 4.48. The minimum absolute atomic E-state index is 0.00813. The average molecular weight is 357 g/mol. The molecular formula is C19H23N3O2S. The van der Waals surface area contributed by atoms with Crippen molar-refractivity contribution in [1.29, 1.82) is 0 Å². The van der Waals surface area contributed by atoms with Gasteiger partial charge in [0.1, 0.15) is 11.4 Å². The van der Waals surface area contributed by atoms with Crippen LogP contribution in [0.3, 0.4) is 0 Å². The monoisotopic (exact) mass is 357 g/mol. The van der Waals surface area contributed by atoms with E-state index in [4.69, 9.17) is 4.74 Å². The van der Waals surface area contributed by atoms with E-state index in [9.17, 15) is 4.79 Å². The molecule has 1 fully saturated rings. The number of amides is 1. The first-order valence-electron chi connectivity index (χ1n) is 8.77. The summed E-state index contributed by atoms with van der Waals surface area (Å²) in [4.78, 5) is 19.9. The molecule has 0 bridgehead atoms. The summed E-state index contributed by atoms with van der Waals surface area (Å²) in [6.45, 7) is 2.06. The normalized spacial score (nSPS) is 22.2. The van der Waals surface area contributed by atoms with E-state index >= 15 is 0 Å². The van der Waals surface area contributed by atoms with E-state index in [-0.39, 0.29) is 17.6 Å². The third-order valence-electron chi connectivity index (χ3n) is 5.25. The fraction of sp³-hybridized carbons (Fsp3) is 0.474. The molecule has 2 aliphatic rings. The number of para-hydroxylation sites is 1. The Morgan fingerprint density at radius 3 is 2.96 bits per heavy atom. The summed E-state index contributed by atoms with van der Waals surface area (Å²) in [5, 5.41) is 3.24. The molecule has 1 saturated heterocycles. The van der Waals surface area contributed by atoms with Crippen LogP contribution in [0.5, 0.6) is 5.75 Å². The highest BCUT2D eigenvalue weighted by Gasteiger charge is 2.43. The van der Waals surface area contributed by atoms with Crippen molar-refractivity contribution in [2.75, 3.05) is 20.1 Å². The van der Waals surface area contributed by atoms with Crippen molar-refractivity contribution < 1.29 is 9.53 Å². The lowest BCUT2D eigenvalue weighted by atomic mass is 9.80. The highest BCUT2D eigenvalue weighted by Crippen LogP contribution is 2.44. The Hall–Kier alpha value is -1.92. The summed E-state index contributed by atoms with van der Waals surface area (Å²) < 4.78 is 6.44. The first kappa shape index (κ1) is 16.5. The number of hydrogen-bond donors (Lipinski definition) is 1. The van der Waals surface area contributed by atoms with Crippen molar-refractivity contribution in [2.45, 2.75) is 37.3 Å². The zero-order chi connectivity index (χ0) is 17.3. The quantitative estimate of drug-likeness (QED) is 0.918. The van der Waals surface area contributed by atoms with Gasteiger partial charge in [-0.1, -0.05) is 18.2 Å². The number of hydrogen-bond acceptors (Lipinski definition) is 5. The summed E-state index contributed by atoms with van der Waals surface area (Å²) in [5.41, 5.74) is 2.69. The number of ether oxygens (including phenoxy) is 1. The molecule has 2 aromatic rings. The summed E-state index contributed by atoms with van der Waals surface area (Å²) >= 11 is 1.52. The Morgan fingerprint density at radius 2 is 2.20 bits per heavy atom. The topological polar surface area (TPSA) is 54.5 Å². The molecule has 0 saturated carbocycles. The van der Waals surface area contributed by atoms with Crippen LogP contribution >= 0.6 is 11.3 Å². The maximum atomic E-state index is 12.5. The van der Waals surface area contributed by atoms with Gasteiger partial charge in [0, 0.05) is 36.1 Å². The minimum Gasteiger partial charge on any atom is -0.487 e. The number of benzene rings is 1. The van der Waals surface area contributed by atoms with Crippen molar-refractivity contribution in [2.24, 2.45) is 0 Å². The Balaban J connectivity index is 1.54. The molecule has 1 unspecified atom stereocenters. The lowest BCUT2D eigenvalue weighted by Crippen LogP contribution is -2.51. The third-order valence-corrected chi connectivity index (χ3v) is 6.03. The average Bonchev–Trinajstić information content (AvgIpc) is 3.11. The second kappa shape index (κ2) is 6.77. The lowest BCUT2D eigenvalue weighted by Gasteiger charge is -2.46. The maximum Gasteiger partial charge on any atom is 0.225 e. The van der Waals surface area contributed by atoms with Gasteiger partial charge in [-0.2, -0.15) is 0 Å². The van der Waals surface area contributed by atoms with Crippen LogP contribution in [0, 0.1) is 0 Å². The van der Waals surface area contributed by atoms with Gasteiger partial charge in [0.25, 0.3) is 0 Å². The van der Waals surface area contributed by atoms with E-state index in [1.54, 1.807) is 11.7 Å². The standard InChI is InChI=1S/C19H23N3O2S/c1-22-8-6-19(7-9-22)11-16(15-4-2-3-5-17(15)24-19)21-18(23)10-14-12-20-13-25-14/h2-5,12-13,16H,6-11H2,1H3,(H,21,23). The number of fused-ring (bicyclic) bond motifs is 1. The van der Waals surface area contributed by atoms with E-state index < -0.39 is 0 Å². The number of aromatic nitrogens is 1. The molecule has 25 heavy (non-hydrogen) atoms. The van der Waals surface area contributed by atoms with E-state index in [0.717, 1.165) is 48.5 Å². The van der Waals surface area contributed by atoms with Gasteiger partial charge in [0.15, 0.2) is 0 Å². The number of thiazole rings is 1. The molecule has 6 heteroatoms. The SMILES string of the molecule is CN1CCC2(CC1)CC(NC(=O)Cc1cncs1)c1ccccc1O2. The van der Waals surface area contributed by atoms with Gasteiger partial charge in [-0.05, 0) is 26.0 Å². The van der Waals surface area contributed by atoms with Crippen molar-refractivity contribution in [1.82, 2.24) is 15.2 Å². The lowest BCUT2D eigenvalue weighted by molar-refractivity contribution is -0.122. The number of carbonyl (C=O) groups is 1. The smallest absolute Gasteiger partial charge is 0.225 e. The van der Waals surface area contributed by atoms with E-state index in [2.05, 4.69) is 28.3 Å². The van der Waals surface area contributed by atoms with Crippen LogP contribution in [0.15, 0.2) is 36.0 Å². The zero-order valence-corrected chi connectivity index (χ0v) is 15.2. The summed E-state index contributed by atoms with van der Waals surface area (Å²) in [6.07, 6.45) is 4.99. The molecule has 1 N–H and O–H groups in total. The fourth-order valence-corrected chi connectivity index (χ4v) is 4.41. The van der Waals surface area contributed by atoms with Gasteiger partial charge in [-0.25, -0.2) is 0 Å². The Bertz CT molecular complexity index is 739. The number of nitrogens with one attached hydrogen (secondary N) is 1. The molecule has 1 aromatic heterocycles. The molecule has 0 radical (unpaired) electrons. The predicted octanol–water partition coefficient (Wildman–Crippen LogP) is 2.79. The van der Waals surface area contributed by atoms with Gasteiger partial charge in [0.2, 0.25) is 5.91 Å². The number of carbonyl (C=O) groups excluding carboxylic acids is 1. The maximum absolute atomic E-state index is 12.5. The predicted molar refractivity (Wildman–Crippen MR) is 97.9 cm³/mol. The number of piperidine rings is 1. The van der Waals surface area contributed by atoms with Crippen molar-refractivity contribution in [3.63, 3.8) is 0 Å². The third kappa shape index (κ3) is 3.55. The second-order valence-electron chi connectivity index (χ2n) is 7.09. The van der Waals surface area contributed by atoms with Gasteiger partial charge in [0.05, 0.1) is 18.0 Å².